The molecule has 5 heteroatoms. The summed E-state index contributed by atoms with van der Waals surface area (Å²) >= 11 is 0. The van der Waals surface area contributed by atoms with E-state index in [9.17, 15) is 0 Å². The van der Waals surface area contributed by atoms with Crippen molar-refractivity contribution in [1.82, 2.24) is 0 Å². The van der Waals surface area contributed by atoms with Crippen LogP contribution in [0.1, 0.15) is 16.7 Å². The normalized spacial score (nSPS) is 15.5. The molecular formula is C29H32ClN3S. The lowest BCUT2D eigenvalue weighted by Crippen LogP contribution is -2.09. The summed E-state index contributed by atoms with van der Waals surface area (Å²) in [5.74, 6) is 0. The minimum Gasteiger partial charge on any atom is -0.378 e. The molecule has 34 heavy (non-hydrogen) atoms. The minimum absolute atomic E-state index is 0.570. The molecule has 3 aromatic rings. The number of benzene rings is 3. The Hall–Kier alpha value is -2.95. The number of nitrogens with zero attached hydrogens (tertiary/aromatic N) is 3. The molecule has 1 atom stereocenters. The van der Waals surface area contributed by atoms with Crippen molar-refractivity contribution in [1.29, 1.82) is 0 Å². The molecule has 0 bridgehead atoms. The van der Waals surface area contributed by atoms with Gasteiger partial charge in [0.15, 0.2) is 0 Å². The van der Waals surface area contributed by atoms with Gasteiger partial charge >= 0.3 is 0 Å². The van der Waals surface area contributed by atoms with Gasteiger partial charge in [-0.15, -0.1) is 0 Å². The van der Waals surface area contributed by atoms with Crippen LogP contribution in [0.4, 0.5) is 17.1 Å². The van der Waals surface area contributed by atoms with Crippen molar-refractivity contribution in [2.45, 2.75) is 0 Å². The maximum atomic E-state index is 7.19. The van der Waals surface area contributed by atoms with Crippen LogP contribution >= 0.6 is 20.4 Å². The molecule has 0 saturated heterocycles. The SMILES string of the molecule is CN(C)c1ccc(C2=CC(c3ccc(N(C)C)cc3)=S(Cl)C(c3ccc(N(C)C)cc3)=C2)cc1. The molecule has 1 aliphatic heterocycles. The zero-order valence-electron chi connectivity index (χ0n) is 20.7. The lowest BCUT2D eigenvalue weighted by molar-refractivity contribution is 1.13. The van der Waals surface area contributed by atoms with Crippen LogP contribution < -0.4 is 14.7 Å². The van der Waals surface area contributed by atoms with Crippen LogP contribution in [0.15, 0.2) is 84.9 Å². The van der Waals surface area contributed by atoms with E-state index in [0.29, 0.717) is 0 Å². The molecular weight excluding hydrogens is 458 g/mol. The van der Waals surface area contributed by atoms with Gasteiger partial charge in [0.25, 0.3) is 0 Å². The van der Waals surface area contributed by atoms with Crippen LogP contribution in [0.5, 0.6) is 0 Å². The third-order valence-electron chi connectivity index (χ3n) is 6.01. The topological polar surface area (TPSA) is 9.72 Å². The molecule has 1 unspecified atom stereocenters. The Kier molecular flexibility index (Phi) is 7.20. The van der Waals surface area contributed by atoms with E-state index in [1.165, 1.54) is 28.2 Å². The fourth-order valence-corrected chi connectivity index (χ4v) is 6.07. The number of halogens is 1. The third-order valence-corrected chi connectivity index (χ3v) is 8.49. The molecule has 0 spiro atoms. The zero-order chi connectivity index (χ0) is 24.4. The standard InChI is InChI=1S/C29H32ClN3S/c1-31(2)25-13-7-21(8-14-25)24-19-28(22-9-15-26(16-10-22)32(3)4)34(30)29(20-24)23-11-17-27(18-12-23)33(5)6/h7-20H,1-6H3. The monoisotopic (exact) mass is 489 g/mol. The van der Waals surface area contributed by atoms with Gasteiger partial charge in [0, 0.05) is 69.1 Å². The van der Waals surface area contributed by atoms with E-state index in [1.54, 1.807) is 0 Å². The van der Waals surface area contributed by atoms with Crippen molar-refractivity contribution < 1.29 is 0 Å². The summed E-state index contributed by atoms with van der Waals surface area (Å²) in [5, 5.41) is 0. The van der Waals surface area contributed by atoms with Crippen LogP contribution in [0.3, 0.4) is 0 Å². The van der Waals surface area contributed by atoms with Crippen LogP contribution in [0.25, 0.3) is 10.5 Å². The molecule has 3 aromatic carbocycles. The van der Waals surface area contributed by atoms with Gasteiger partial charge in [0.05, 0.1) is 0 Å². The number of hydrogen-bond donors (Lipinski definition) is 0. The second-order valence-corrected chi connectivity index (χ2v) is 11.4. The Labute approximate surface area is 211 Å². The second kappa shape index (κ2) is 10.1. The van der Waals surface area contributed by atoms with Crippen molar-refractivity contribution in [2.75, 3.05) is 57.0 Å². The van der Waals surface area contributed by atoms with Crippen LogP contribution in [0, 0.1) is 0 Å². The maximum absolute atomic E-state index is 7.19. The van der Waals surface area contributed by atoms with Gasteiger partial charge in [-0.05, 0) is 81.5 Å². The summed E-state index contributed by atoms with van der Waals surface area (Å²) < 4.78 is 0. The van der Waals surface area contributed by atoms with Gasteiger partial charge in [-0.25, -0.2) is 0 Å². The first kappa shape index (κ1) is 24.2. The molecule has 4 rings (SSSR count). The highest BCUT2D eigenvalue weighted by atomic mass is 35.7. The van der Waals surface area contributed by atoms with Gasteiger partial charge in [0.1, 0.15) is 0 Å². The summed E-state index contributed by atoms with van der Waals surface area (Å²) in [4.78, 5) is 8.63. The molecule has 0 N–H and O–H groups in total. The summed E-state index contributed by atoms with van der Waals surface area (Å²) in [7, 11) is 19.0. The summed E-state index contributed by atoms with van der Waals surface area (Å²) in [6.07, 6.45) is 4.51. The van der Waals surface area contributed by atoms with Gasteiger partial charge in [-0.2, -0.15) is 0 Å². The molecule has 0 amide bonds. The molecule has 1 aliphatic rings. The first-order valence-corrected chi connectivity index (χ1v) is 13.3. The van der Waals surface area contributed by atoms with Crippen molar-refractivity contribution >= 4 is 52.8 Å². The molecule has 0 aliphatic carbocycles. The summed E-state index contributed by atoms with van der Waals surface area (Å²) in [5.41, 5.74) is 8.20. The summed E-state index contributed by atoms with van der Waals surface area (Å²) in [6.45, 7) is 0. The fraction of sp³-hybridized carbons (Fsp3) is 0.207. The van der Waals surface area contributed by atoms with Crippen molar-refractivity contribution in [3.05, 3.63) is 102 Å². The Bertz CT molecular complexity index is 1250. The highest BCUT2D eigenvalue weighted by molar-refractivity contribution is 8.42. The highest BCUT2D eigenvalue weighted by Crippen LogP contribution is 2.46. The van der Waals surface area contributed by atoms with Crippen molar-refractivity contribution in [3.8, 4) is 0 Å². The first-order valence-electron chi connectivity index (χ1n) is 11.3. The largest absolute Gasteiger partial charge is 0.378 e. The molecule has 0 aromatic heterocycles. The average Bonchev–Trinajstić information content (AvgIpc) is 2.84. The van der Waals surface area contributed by atoms with Gasteiger partial charge in [0.2, 0.25) is 0 Å². The van der Waals surface area contributed by atoms with Crippen LogP contribution in [0.2, 0.25) is 0 Å². The van der Waals surface area contributed by atoms with Crippen LogP contribution in [-0.2, 0) is 0 Å². The summed E-state index contributed by atoms with van der Waals surface area (Å²) in [6, 6.07) is 26.0. The first-order chi connectivity index (χ1) is 16.2. The van der Waals surface area contributed by atoms with E-state index >= 15 is 0 Å². The Morgan fingerprint density at radius 2 is 0.882 bits per heavy atom. The smallest absolute Gasteiger partial charge is 0.0361 e. The van der Waals surface area contributed by atoms with E-state index in [2.05, 4.69) is 142 Å². The molecule has 0 saturated carbocycles. The van der Waals surface area contributed by atoms with E-state index in [-0.39, 0.29) is 0 Å². The predicted molar refractivity (Wildman–Crippen MR) is 156 cm³/mol. The van der Waals surface area contributed by atoms with Crippen molar-refractivity contribution in [2.24, 2.45) is 0 Å². The molecule has 3 nitrogen and oxygen atoms in total. The number of allylic oxidation sites excluding steroid dienone is 3. The van der Waals surface area contributed by atoms with E-state index in [1.807, 2.05) is 0 Å². The van der Waals surface area contributed by atoms with E-state index < -0.39 is 9.70 Å². The van der Waals surface area contributed by atoms with Gasteiger partial charge in [-0.1, -0.05) is 46.1 Å². The van der Waals surface area contributed by atoms with E-state index in [4.69, 9.17) is 10.7 Å². The molecule has 176 valence electrons. The van der Waals surface area contributed by atoms with Gasteiger partial charge < -0.3 is 14.7 Å². The average molecular weight is 490 g/mol. The quantitative estimate of drug-likeness (QED) is 0.346. The maximum Gasteiger partial charge on any atom is 0.0361 e. The Balaban J connectivity index is 1.83. The Morgan fingerprint density at radius 1 is 0.500 bits per heavy atom. The lowest BCUT2D eigenvalue weighted by Gasteiger charge is -2.21. The number of hydrogen-bond acceptors (Lipinski definition) is 3. The second-order valence-electron chi connectivity index (χ2n) is 9.05. The predicted octanol–water partition coefficient (Wildman–Crippen LogP) is 6.97. The Morgan fingerprint density at radius 3 is 1.29 bits per heavy atom. The minimum atomic E-state index is -0.570. The number of anilines is 3. The fourth-order valence-electron chi connectivity index (χ4n) is 3.89. The zero-order valence-corrected chi connectivity index (χ0v) is 22.3. The van der Waals surface area contributed by atoms with Crippen LogP contribution in [-0.4, -0.2) is 47.2 Å². The third kappa shape index (κ3) is 5.08. The number of rotatable bonds is 6. The highest BCUT2D eigenvalue weighted by Gasteiger charge is 2.18. The van der Waals surface area contributed by atoms with Crippen molar-refractivity contribution in [3.63, 3.8) is 0 Å². The van der Waals surface area contributed by atoms with E-state index in [0.717, 1.165) is 20.9 Å². The molecule has 0 radical (unpaired) electrons. The lowest BCUT2D eigenvalue weighted by atomic mass is 10.00. The molecule has 0 fully saturated rings. The molecule has 1 heterocycles. The van der Waals surface area contributed by atoms with Gasteiger partial charge in [-0.3, -0.25) is 0 Å².